The molecule has 0 aliphatic heterocycles. The second kappa shape index (κ2) is 14.7. The lowest BCUT2D eigenvalue weighted by atomic mass is 10.0. The average Bonchev–Trinajstić information content (AvgIpc) is 3.84. The van der Waals surface area contributed by atoms with Crippen LogP contribution in [0.4, 0.5) is 0 Å². The van der Waals surface area contributed by atoms with Gasteiger partial charge in [0.15, 0.2) is 11.6 Å². The maximum Gasteiger partial charge on any atom is 0.238 e. The first-order valence-electron chi connectivity index (χ1n) is 19.2. The minimum atomic E-state index is 0.563. The fourth-order valence-corrected chi connectivity index (χ4v) is 8.16. The topological polar surface area (TPSA) is 101 Å². The largest absolute Gasteiger partial charge is 0.307 e. The number of fused-ring (bicyclic) bond motifs is 7. The van der Waals surface area contributed by atoms with Gasteiger partial charge in [0, 0.05) is 38.4 Å². The maximum absolute atomic E-state index is 5.33. The summed E-state index contributed by atoms with van der Waals surface area (Å²) in [5, 5.41) is 4.64. The molecule has 0 amide bonds. The summed E-state index contributed by atoms with van der Waals surface area (Å²) in [5.74, 6) is 9.78. The van der Waals surface area contributed by atoms with E-state index in [1.165, 1.54) is 10.8 Å². The van der Waals surface area contributed by atoms with Crippen LogP contribution in [-0.4, -0.2) is 24.1 Å². The molecule has 0 radical (unpaired) electrons. The second-order valence-corrected chi connectivity index (χ2v) is 14.1. The molecule has 0 spiro atoms. The zero-order valence-electron chi connectivity index (χ0n) is 31.4. The fraction of sp³-hybridized carbons (Fsp3) is 0. The Bertz CT molecular complexity index is 3110. The maximum atomic E-state index is 5.33. The van der Waals surface area contributed by atoms with Crippen LogP contribution in [0.25, 0.3) is 100 Å². The zero-order chi connectivity index (χ0) is 39.0. The number of benzene rings is 8. The monoisotopic (exact) mass is 747 g/mol. The van der Waals surface area contributed by atoms with Crippen molar-refractivity contribution >= 4 is 43.6 Å². The van der Waals surface area contributed by atoms with E-state index in [1.54, 1.807) is 0 Å². The molecule has 8 aromatic carbocycles. The summed E-state index contributed by atoms with van der Waals surface area (Å²) in [7, 11) is 0. The molecule has 0 saturated heterocycles. The van der Waals surface area contributed by atoms with Crippen LogP contribution in [0.15, 0.2) is 200 Å². The molecule has 58 heavy (non-hydrogen) atoms. The van der Waals surface area contributed by atoms with E-state index < -0.39 is 0 Å². The smallest absolute Gasteiger partial charge is 0.238 e. The van der Waals surface area contributed by atoms with Gasteiger partial charge < -0.3 is 4.57 Å². The summed E-state index contributed by atoms with van der Waals surface area (Å²) in [6.07, 6.45) is 0. The van der Waals surface area contributed by atoms with Gasteiger partial charge in [0.1, 0.15) is 0 Å². The van der Waals surface area contributed by atoms with Crippen molar-refractivity contribution in [2.24, 2.45) is 11.7 Å². The van der Waals surface area contributed by atoms with Crippen LogP contribution in [-0.2, 0) is 0 Å². The Balaban J connectivity index is 0.00000201. The van der Waals surface area contributed by atoms with Gasteiger partial charge in [-0.3, -0.25) is 16.3 Å². The van der Waals surface area contributed by atoms with Gasteiger partial charge in [-0.2, -0.15) is 9.97 Å². The summed E-state index contributed by atoms with van der Waals surface area (Å²) in [4.78, 5) is 15.8. The quantitative estimate of drug-likeness (QED) is 0.130. The van der Waals surface area contributed by atoms with E-state index in [4.69, 9.17) is 15.0 Å². The number of nitrogens with two attached hydrogens (primary N) is 2. The van der Waals surface area contributed by atoms with Crippen LogP contribution >= 0.6 is 0 Å². The van der Waals surface area contributed by atoms with Gasteiger partial charge in [0.05, 0.1) is 22.1 Å². The predicted molar refractivity (Wildman–Crippen MR) is 239 cm³/mol. The molecule has 7 nitrogen and oxygen atoms in total. The highest BCUT2D eigenvalue weighted by molar-refractivity contribution is 6.23. The van der Waals surface area contributed by atoms with Crippen LogP contribution < -0.4 is 11.7 Å². The molecule has 0 aliphatic rings. The first-order valence-corrected chi connectivity index (χ1v) is 19.2. The average molecular weight is 748 g/mol. The SMILES string of the molecule is NN.c1ccc(-c2ccc(-c3nc(-c4ccc(-c5ccccc5)cc4)nc(-n4c5ccccc5c5ccc6c7ccccc7n(-c7ccccc7)c6c54)n3)cc2)cc1. The number of rotatable bonds is 6. The van der Waals surface area contributed by atoms with E-state index >= 15 is 0 Å². The van der Waals surface area contributed by atoms with Crippen LogP contribution in [0.3, 0.4) is 0 Å². The zero-order valence-corrected chi connectivity index (χ0v) is 31.4. The molecule has 3 heterocycles. The van der Waals surface area contributed by atoms with Crippen molar-refractivity contribution in [3.63, 3.8) is 0 Å². The van der Waals surface area contributed by atoms with Crippen molar-refractivity contribution in [1.82, 2.24) is 24.1 Å². The summed E-state index contributed by atoms with van der Waals surface area (Å²) < 4.78 is 4.63. The standard InChI is InChI=1S/C51H33N5.H4N2/c1-4-14-34(15-5-1)36-24-28-38(29-25-36)49-52-50(39-30-26-37(27-31-39)35-16-6-2-7-17-35)54-51(53-49)56-46-23-13-11-21-42(46)44-33-32-43-41-20-10-12-22-45(41)55(47(43)48(44)56)40-18-8-3-9-19-40;1-2/h1-33H;1-2H2. The lowest BCUT2D eigenvalue weighted by molar-refractivity contribution is 0.953. The van der Waals surface area contributed by atoms with Gasteiger partial charge in [-0.1, -0.05) is 176 Å². The van der Waals surface area contributed by atoms with Crippen molar-refractivity contribution in [3.8, 4) is 56.7 Å². The second-order valence-electron chi connectivity index (χ2n) is 14.1. The molecule has 0 atom stereocenters. The van der Waals surface area contributed by atoms with E-state index in [1.807, 2.05) is 12.1 Å². The van der Waals surface area contributed by atoms with Gasteiger partial charge in [0.25, 0.3) is 0 Å². The molecule has 0 fully saturated rings. The van der Waals surface area contributed by atoms with Crippen molar-refractivity contribution in [2.45, 2.75) is 0 Å². The molecule has 11 rings (SSSR count). The summed E-state index contributed by atoms with van der Waals surface area (Å²) in [5.41, 5.74) is 11.9. The van der Waals surface area contributed by atoms with Crippen molar-refractivity contribution in [3.05, 3.63) is 200 Å². The fourth-order valence-electron chi connectivity index (χ4n) is 8.16. The molecule has 0 saturated carbocycles. The number of para-hydroxylation sites is 3. The van der Waals surface area contributed by atoms with E-state index in [0.29, 0.717) is 17.6 Å². The molecular formula is C51H37N7. The van der Waals surface area contributed by atoms with E-state index in [9.17, 15) is 0 Å². The lowest BCUT2D eigenvalue weighted by Crippen LogP contribution is -2.07. The molecule has 276 valence electrons. The Morgan fingerprint density at radius 2 is 0.655 bits per heavy atom. The molecule has 0 bridgehead atoms. The van der Waals surface area contributed by atoms with Crippen molar-refractivity contribution in [1.29, 1.82) is 0 Å². The number of hydrazine groups is 1. The Kier molecular flexibility index (Phi) is 8.84. The summed E-state index contributed by atoms with van der Waals surface area (Å²) in [6.45, 7) is 0. The van der Waals surface area contributed by atoms with Gasteiger partial charge in [0.2, 0.25) is 5.95 Å². The third kappa shape index (κ3) is 5.90. The highest BCUT2D eigenvalue weighted by atomic mass is 15.2. The number of aromatic nitrogens is 5. The Labute approximate surface area is 335 Å². The minimum Gasteiger partial charge on any atom is -0.307 e. The van der Waals surface area contributed by atoms with Gasteiger partial charge >= 0.3 is 0 Å². The molecule has 0 aliphatic carbocycles. The Hall–Kier alpha value is -7.71. The highest BCUT2D eigenvalue weighted by Gasteiger charge is 2.23. The first kappa shape index (κ1) is 34.8. The molecule has 4 N–H and O–H groups in total. The third-order valence-corrected chi connectivity index (χ3v) is 10.8. The van der Waals surface area contributed by atoms with Crippen molar-refractivity contribution in [2.75, 3.05) is 0 Å². The first-order chi connectivity index (χ1) is 28.8. The normalized spacial score (nSPS) is 11.3. The van der Waals surface area contributed by atoms with Crippen molar-refractivity contribution < 1.29 is 0 Å². The van der Waals surface area contributed by atoms with Crippen LogP contribution in [0.1, 0.15) is 0 Å². The Morgan fingerprint density at radius 3 is 1.14 bits per heavy atom. The van der Waals surface area contributed by atoms with E-state index in [-0.39, 0.29) is 0 Å². The molecular weight excluding hydrogens is 711 g/mol. The number of hydrogen-bond donors (Lipinski definition) is 2. The number of hydrogen-bond acceptors (Lipinski definition) is 5. The predicted octanol–water partition coefficient (Wildman–Crippen LogP) is 11.6. The minimum absolute atomic E-state index is 0.563. The lowest BCUT2D eigenvalue weighted by Gasteiger charge is -2.13. The molecule has 0 unspecified atom stereocenters. The highest BCUT2D eigenvalue weighted by Crippen LogP contribution is 2.41. The third-order valence-electron chi connectivity index (χ3n) is 10.8. The van der Waals surface area contributed by atoms with Gasteiger partial charge in [-0.25, -0.2) is 4.98 Å². The molecule has 11 aromatic rings. The summed E-state index contributed by atoms with van der Waals surface area (Å²) in [6, 6.07) is 70.3. The summed E-state index contributed by atoms with van der Waals surface area (Å²) >= 11 is 0. The molecule has 3 aromatic heterocycles. The van der Waals surface area contributed by atoms with Crippen LogP contribution in [0.2, 0.25) is 0 Å². The van der Waals surface area contributed by atoms with Crippen LogP contribution in [0, 0.1) is 0 Å². The van der Waals surface area contributed by atoms with Crippen LogP contribution in [0.5, 0.6) is 0 Å². The van der Waals surface area contributed by atoms with E-state index in [0.717, 1.165) is 71.9 Å². The molecule has 7 heteroatoms. The number of nitrogens with zero attached hydrogens (tertiary/aromatic N) is 5. The van der Waals surface area contributed by atoms with E-state index in [2.05, 4.69) is 209 Å². The Morgan fingerprint density at radius 1 is 0.293 bits per heavy atom. The van der Waals surface area contributed by atoms with Gasteiger partial charge in [-0.05, 0) is 46.5 Å². The van der Waals surface area contributed by atoms with Gasteiger partial charge in [-0.15, -0.1) is 0 Å².